The number of anilines is 1. The van der Waals surface area contributed by atoms with Crippen molar-refractivity contribution in [2.24, 2.45) is 0 Å². The number of urea groups is 1. The lowest BCUT2D eigenvalue weighted by Crippen LogP contribution is -2.29. The summed E-state index contributed by atoms with van der Waals surface area (Å²) in [6, 6.07) is -0.349. The Hall–Kier alpha value is -1.21. The molecule has 0 spiro atoms. The molecule has 1 heterocycles. The predicted molar refractivity (Wildman–Crippen MR) is 85.4 cm³/mol. The third-order valence-corrected chi connectivity index (χ3v) is 4.71. The van der Waals surface area contributed by atoms with E-state index >= 15 is 0 Å². The van der Waals surface area contributed by atoms with E-state index in [0.717, 1.165) is 23.5 Å². The van der Waals surface area contributed by atoms with Gasteiger partial charge >= 0.3 is 12.0 Å². The first-order chi connectivity index (χ1) is 9.47. The van der Waals surface area contributed by atoms with E-state index in [1.54, 1.807) is 18.7 Å². The Morgan fingerprint density at radius 1 is 1.30 bits per heavy atom. The molecular weight excluding hydrogens is 296 g/mol. The highest BCUT2D eigenvalue weighted by molar-refractivity contribution is 7.98. The second-order valence-electron chi connectivity index (χ2n) is 4.37. The van der Waals surface area contributed by atoms with Crippen molar-refractivity contribution in [1.29, 1.82) is 0 Å². The third kappa shape index (κ3) is 4.72. The lowest BCUT2D eigenvalue weighted by molar-refractivity contribution is 0.0697. The van der Waals surface area contributed by atoms with Gasteiger partial charge in [0.15, 0.2) is 0 Å². The minimum Gasteiger partial charge on any atom is -0.478 e. The minimum absolute atomic E-state index is 0.185. The van der Waals surface area contributed by atoms with E-state index < -0.39 is 5.97 Å². The first kappa shape index (κ1) is 16.8. The van der Waals surface area contributed by atoms with E-state index in [9.17, 15) is 14.7 Å². The molecule has 0 aromatic carbocycles. The highest BCUT2D eigenvalue weighted by Crippen LogP contribution is 2.32. The highest BCUT2D eigenvalue weighted by Gasteiger charge is 2.19. The molecule has 1 aromatic heterocycles. The van der Waals surface area contributed by atoms with Crippen LogP contribution < -0.4 is 10.6 Å². The summed E-state index contributed by atoms with van der Waals surface area (Å²) < 4.78 is 0. The fourth-order valence-corrected chi connectivity index (χ4v) is 3.23. The van der Waals surface area contributed by atoms with E-state index in [-0.39, 0.29) is 11.6 Å². The summed E-state index contributed by atoms with van der Waals surface area (Å²) in [7, 11) is 0. The molecule has 0 aliphatic rings. The van der Waals surface area contributed by atoms with Crippen LogP contribution in [0.2, 0.25) is 0 Å². The molecule has 0 aliphatic heterocycles. The van der Waals surface area contributed by atoms with Gasteiger partial charge in [0.25, 0.3) is 0 Å². The lowest BCUT2D eigenvalue weighted by atomic mass is 10.1. The minimum atomic E-state index is -1.01. The molecule has 3 N–H and O–H groups in total. The average molecular weight is 316 g/mol. The van der Waals surface area contributed by atoms with Crippen LogP contribution in [0.15, 0.2) is 0 Å². The van der Waals surface area contributed by atoms with Crippen LogP contribution in [-0.4, -0.2) is 35.7 Å². The number of carboxylic acid groups (broad SMARTS) is 1. The predicted octanol–water partition coefficient (Wildman–Crippen LogP) is 3.33. The normalized spacial score (nSPS) is 10.3. The smallest absolute Gasteiger partial charge is 0.338 e. The molecule has 0 atom stereocenters. The van der Waals surface area contributed by atoms with Crippen molar-refractivity contribution in [2.45, 2.75) is 26.7 Å². The number of thiophene rings is 1. The third-order valence-electron chi connectivity index (χ3n) is 2.89. The van der Waals surface area contributed by atoms with Gasteiger partial charge in [0, 0.05) is 11.4 Å². The maximum atomic E-state index is 11.7. The van der Waals surface area contributed by atoms with E-state index in [4.69, 9.17) is 0 Å². The summed E-state index contributed by atoms with van der Waals surface area (Å²) in [6.07, 6.45) is 4.02. The largest absolute Gasteiger partial charge is 0.478 e. The van der Waals surface area contributed by atoms with Crippen molar-refractivity contribution < 1.29 is 14.7 Å². The number of hydrogen-bond donors (Lipinski definition) is 3. The zero-order valence-electron chi connectivity index (χ0n) is 11.9. The SMILES string of the molecule is CSCCCCNC(=O)Nc1sc(C)c(C)c1C(=O)O. The summed E-state index contributed by atoms with van der Waals surface area (Å²) in [5, 5.41) is 14.9. The molecule has 0 fully saturated rings. The Bertz CT molecular complexity index is 486. The van der Waals surface area contributed by atoms with E-state index in [1.165, 1.54) is 11.3 Å². The number of unbranched alkanes of at least 4 members (excludes halogenated alkanes) is 1. The number of carboxylic acids is 1. The number of hydrogen-bond acceptors (Lipinski definition) is 4. The van der Waals surface area contributed by atoms with Crippen LogP contribution in [0.25, 0.3) is 0 Å². The summed E-state index contributed by atoms with van der Waals surface area (Å²) in [5.41, 5.74) is 0.891. The standard InChI is InChI=1S/C13H20N2O3S2/c1-8-9(2)20-11(10(8)12(16)17)15-13(18)14-6-4-5-7-19-3/h4-7H2,1-3H3,(H,16,17)(H2,14,15,18). The van der Waals surface area contributed by atoms with E-state index in [2.05, 4.69) is 16.9 Å². The lowest BCUT2D eigenvalue weighted by Gasteiger charge is -2.07. The first-order valence-electron chi connectivity index (χ1n) is 6.34. The van der Waals surface area contributed by atoms with Gasteiger partial charge in [-0.05, 0) is 44.3 Å². The molecule has 0 radical (unpaired) electrons. The number of rotatable bonds is 7. The van der Waals surface area contributed by atoms with Gasteiger partial charge in [0.05, 0.1) is 5.56 Å². The molecule has 7 heteroatoms. The second kappa shape index (κ2) is 8.16. The maximum Gasteiger partial charge on any atom is 0.338 e. The van der Waals surface area contributed by atoms with Crippen LogP contribution in [0.4, 0.5) is 9.80 Å². The van der Waals surface area contributed by atoms with Crippen molar-refractivity contribution in [1.82, 2.24) is 5.32 Å². The fourth-order valence-electron chi connectivity index (χ4n) is 1.69. The summed E-state index contributed by atoms with van der Waals surface area (Å²) >= 11 is 3.07. The molecule has 1 aromatic rings. The number of aryl methyl sites for hydroxylation is 1. The van der Waals surface area contributed by atoms with Crippen molar-refractivity contribution in [2.75, 3.05) is 23.9 Å². The van der Waals surface area contributed by atoms with Gasteiger partial charge in [-0.1, -0.05) is 0 Å². The van der Waals surface area contributed by atoms with Gasteiger partial charge in [-0.2, -0.15) is 11.8 Å². The zero-order chi connectivity index (χ0) is 15.1. The highest BCUT2D eigenvalue weighted by atomic mass is 32.2. The molecule has 0 saturated carbocycles. The van der Waals surface area contributed by atoms with Gasteiger partial charge < -0.3 is 10.4 Å². The van der Waals surface area contributed by atoms with Crippen LogP contribution in [0.5, 0.6) is 0 Å². The molecule has 0 bridgehead atoms. The Morgan fingerprint density at radius 2 is 2.00 bits per heavy atom. The number of carbonyl (C=O) groups excluding carboxylic acids is 1. The molecule has 5 nitrogen and oxygen atoms in total. The quantitative estimate of drug-likeness (QED) is 0.674. The topological polar surface area (TPSA) is 78.4 Å². The van der Waals surface area contributed by atoms with Crippen molar-refractivity contribution in [3.05, 3.63) is 16.0 Å². The molecular formula is C13H20N2O3S2. The van der Waals surface area contributed by atoms with Gasteiger partial charge in [0.2, 0.25) is 0 Å². The average Bonchev–Trinajstić information content (AvgIpc) is 2.64. The number of thioether (sulfide) groups is 1. The van der Waals surface area contributed by atoms with Gasteiger partial charge in [0.1, 0.15) is 5.00 Å². The van der Waals surface area contributed by atoms with Crippen molar-refractivity contribution in [3.63, 3.8) is 0 Å². The number of amides is 2. The second-order valence-corrected chi connectivity index (χ2v) is 6.58. The van der Waals surface area contributed by atoms with Gasteiger partial charge in [-0.3, -0.25) is 5.32 Å². The van der Waals surface area contributed by atoms with Gasteiger partial charge in [-0.25, -0.2) is 9.59 Å². The van der Waals surface area contributed by atoms with E-state index in [0.29, 0.717) is 17.1 Å². The van der Waals surface area contributed by atoms with E-state index in [1.807, 2.05) is 6.92 Å². The van der Waals surface area contributed by atoms with Gasteiger partial charge in [-0.15, -0.1) is 11.3 Å². The molecule has 20 heavy (non-hydrogen) atoms. The number of aromatic carboxylic acids is 1. The van der Waals surface area contributed by atoms with Crippen LogP contribution in [0.3, 0.4) is 0 Å². The zero-order valence-corrected chi connectivity index (χ0v) is 13.5. The molecule has 2 amide bonds. The molecule has 0 saturated heterocycles. The van der Waals surface area contributed by atoms with Crippen LogP contribution in [0, 0.1) is 13.8 Å². The fraction of sp³-hybridized carbons (Fsp3) is 0.538. The van der Waals surface area contributed by atoms with Crippen molar-refractivity contribution >= 4 is 40.1 Å². The summed E-state index contributed by atoms with van der Waals surface area (Å²) in [5.74, 6) is 0.0672. The summed E-state index contributed by atoms with van der Waals surface area (Å²) in [4.78, 5) is 23.8. The Kier molecular flexibility index (Phi) is 6.87. The molecule has 0 unspecified atom stereocenters. The maximum absolute atomic E-state index is 11.7. The van der Waals surface area contributed by atoms with Crippen LogP contribution in [0.1, 0.15) is 33.6 Å². The van der Waals surface area contributed by atoms with Crippen molar-refractivity contribution in [3.8, 4) is 0 Å². The Balaban J connectivity index is 2.54. The number of carbonyl (C=O) groups is 2. The molecule has 112 valence electrons. The van der Waals surface area contributed by atoms with Crippen LogP contribution in [-0.2, 0) is 0 Å². The Morgan fingerprint density at radius 3 is 2.60 bits per heavy atom. The first-order valence-corrected chi connectivity index (χ1v) is 8.55. The molecule has 0 aliphatic carbocycles. The van der Waals surface area contributed by atoms with Crippen LogP contribution >= 0.6 is 23.1 Å². The molecule has 1 rings (SSSR count). The summed E-state index contributed by atoms with van der Waals surface area (Å²) in [6.45, 7) is 4.19. The number of nitrogens with one attached hydrogen (secondary N) is 2. The monoisotopic (exact) mass is 316 g/mol. The Labute approximate surface area is 127 Å².